The molecule has 5 heteroatoms. The molecule has 0 fully saturated rings. The summed E-state index contributed by atoms with van der Waals surface area (Å²) in [6.07, 6.45) is 0.868. The SMILES string of the molecule is CCC(C)NC(=O)c1cc(C)nc2onc(-c3ccc(C)cc3)c12. The summed E-state index contributed by atoms with van der Waals surface area (Å²) in [5.74, 6) is -0.128. The molecule has 1 atom stereocenters. The van der Waals surface area contributed by atoms with Gasteiger partial charge in [0.2, 0.25) is 0 Å². The van der Waals surface area contributed by atoms with Gasteiger partial charge in [0, 0.05) is 17.3 Å². The van der Waals surface area contributed by atoms with Crippen LogP contribution in [0.25, 0.3) is 22.4 Å². The first kappa shape index (κ1) is 16.2. The number of hydrogen-bond acceptors (Lipinski definition) is 4. The maximum absolute atomic E-state index is 12.7. The summed E-state index contributed by atoms with van der Waals surface area (Å²) in [5, 5.41) is 7.83. The van der Waals surface area contributed by atoms with Crippen molar-refractivity contribution in [3.05, 3.63) is 47.2 Å². The van der Waals surface area contributed by atoms with Gasteiger partial charge in [-0.05, 0) is 33.3 Å². The monoisotopic (exact) mass is 323 g/mol. The predicted octanol–water partition coefficient (Wildman–Crippen LogP) is 4.03. The third kappa shape index (κ3) is 3.02. The van der Waals surface area contributed by atoms with E-state index in [1.165, 1.54) is 0 Å². The maximum atomic E-state index is 12.7. The van der Waals surface area contributed by atoms with Gasteiger partial charge in [0.1, 0.15) is 5.69 Å². The molecule has 2 aromatic heterocycles. The first-order valence-corrected chi connectivity index (χ1v) is 8.14. The number of nitrogens with one attached hydrogen (secondary N) is 1. The molecular weight excluding hydrogens is 302 g/mol. The lowest BCUT2D eigenvalue weighted by molar-refractivity contribution is 0.0940. The highest BCUT2D eigenvalue weighted by Crippen LogP contribution is 2.30. The Morgan fingerprint density at radius 2 is 1.96 bits per heavy atom. The van der Waals surface area contributed by atoms with E-state index in [1.54, 1.807) is 6.07 Å². The zero-order chi connectivity index (χ0) is 17.3. The second-order valence-corrected chi connectivity index (χ2v) is 6.17. The number of aryl methyl sites for hydroxylation is 2. The van der Waals surface area contributed by atoms with Crippen molar-refractivity contribution in [2.75, 3.05) is 0 Å². The number of carbonyl (C=O) groups is 1. The van der Waals surface area contributed by atoms with Crippen molar-refractivity contribution in [1.82, 2.24) is 15.5 Å². The predicted molar refractivity (Wildman–Crippen MR) is 93.9 cm³/mol. The van der Waals surface area contributed by atoms with Gasteiger partial charge in [-0.15, -0.1) is 0 Å². The minimum absolute atomic E-state index is 0.101. The van der Waals surface area contributed by atoms with Crippen molar-refractivity contribution >= 4 is 17.0 Å². The van der Waals surface area contributed by atoms with Gasteiger partial charge in [-0.3, -0.25) is 4.79 Å². The fraction of sp³-hybridized carbons (Fsp3) is 0.316. The van der Waals surface area contributed by atoms with E-state index in [2.05, 4.69) is 15.5 Å². The van der Waals surface area contributed by atoms with Crippen LogP contribution in [0.5, 0.6) is 0 Å². The first-order valence-electron chi connectivity index (χ1n) is 8.14. The van der Waals surface area contributed by atoms with Gasteiger partial charge in [0.05, 0.1) is 10.9 Å². The van der Waals surface area contributed by atoms with Gasteiger partial charge in [-0.1, -0.05) is 41.9 Å². The Morgan fingerprint density at radius 1 is 1.25 bits per heavy atom. The molecular formula is C19H21N3O2. The smallest absolute Gasteiger partial charge is 0.259 e. The number of pyridine rings is 1. The van der Waals surface area contributed by atoms with Gasteiger partial charge < -0.3 is 9.84 Å². The van der Waals surface area contributed by atoms with Crippen LogP contribution in [0.2, 0.25) is 0 Å². The van der Waals surface area contributed by atoms with Gasteiger partial charge in [-0.25, -0.2) is 4.98 Å². The van der Waals surface area contributed by atoms with E-state index in [4.69, 9.17) is 4.52 Å². The third-order valence-electron chi connectivity index (χ3n) is 4.13. The number of aromatic nitrogens is 2. The molecule has 0 aliphatic heterocycles. The molecule has 1 N–H and O–H groups in total. The van der Waals surface area contributed by atoms with Gasteiger partial charge in [0.15, 0.2) is 0 Å². The Balaban J connectivity index is 2.16. The van der Waals surface area contributed by atoms with E-state index in [0.29, 0.717) is 22.4 Å². The molecule has 0 saturated carbocycles. The number of rotatable bonds is 4. The lowest BCUT2D eigenvalue weighted by Crippen LogP contribution is -2.32. The molecule has 0 saturated heterocycles. The quantitative estimate of drug-likeness (QED) is 0.787. The minimum atomic E-state index is -0.128. The fourth-order valence-corrected chi connectivity index (χ4v) is 2.57. The van der Waals surface area contributed by atoms with Crippen molar-refractivity contribution in [3.63, 3.8) is 0 Å². The summed E-state index contributed by atoms with van der Waals surface area (Å²) in [6, 6.07) is 9.86. The summed E-state index contributed by atoms with van der Waals surface area (Å²) in [4.78, 5) is 17.1. The second kappa shape index (κ2) is 6.43. The number of nitrogens with zero attached hydrogens (tertiary/aromatic N) is 2. The van der Waals surface area contributed by atoms with Crippen LogP contribution in [-0.4, -0.2) is 22.1 Å². The average Bonchev–Trinajstić information content (AvgIpc) is 2.98. The molecule has 0 spiro atoms. The van der Waals surface area contributed by atoms with Crippen LogP contribution in [0.1, 0.15) is 41.9 Å². The highest BCUT2D eigenvalue weighted by atomic mass is 16.5. The fourth-order valence-electron chi connectivity index (χ4n) is 2.57. The Kier molecular flexibility index (Phi) is 4.34. The molecule has 1 aromatic carbocycles. The van der Waals surface area contributed by atoms with Crippen molar-refractivity contribution in [2.45, 2.75) is 40.2 Å². The van der Waals surface area contributed by atoms with E-state index in [1.807, 2.05) is 52.0 Å². The largest absolute Gasteiger partial charge is 0.350 e. The van der Waals surface area contributed by atoms with E-state index in [0.717, 1.165) is 23.2 Å². The van der Waals surface area contributed by atoms with Crippen LogP contribution in [0.3, 0.4) is 0 Å². The Morgan fingerprint density at radius 3 is 2.62 bits per heavy atom. The number of amides is 1. The third-order valence-corrected chi connectivity index (χ3v) is 4.13. The van der Waals surface area contributed by atoms with Crippen molar-refractivity contribution in [2.24, 2.45) is 0 Å². The molecule has 3 rings (SSSR count). The zero-order valence-corrected chi connectivity index (χ0v) is 14.4. The highest BCUT2D eigenvalue weighted by molar-refractivity contribution is 6.09. The van der Waals surface area contributed by atoms with Crippen molar-refractivity contribution < 1.29 is 9.32 Å². The van der Waals surface area contributed by atoms with Gasteiger partial charge in [-0.2, -0.15) is 0 Å². The molecule has 1 unspecified atom stereocenters. The Bertz CT molecular complexity index is 882. The minimum Gasteiger partial charge on any atom is -0.350 e. The molecule has 24 heavy (non-hydrogen) atoms. The lowest BCUT2D eigenvalue weighted by atomic mass is 10.0. The van der Waals surface area contributed by atoms with Crippen molar-refractivity contribution in [1.29, 1.82) is 0 Å². The lowest BCUT2D eigenvalue weighted by Gasteiger charge is -2.12. The summed E-state index contributed by atoms with van der Waals surface area (Å²) in [7, 11) is 0. The molecule has 0 aliphatic carbocycles. The van der Waals surface area contributed by atoms with E-state index in [-0.39, 0.29) is 11.9 Å². The summed E-state index contributed by atoms with van der Waals surface area (Å²) >= 11 is 0. The maximum Gasteiger partial charge on any atom is 0.259 e. The number of hydrogen-bond donors (Lipinski definition) is 1. The van der Waals surface area contributed by atoms with Crippen LogP contribution in [0.4, 0.5) is 0 Å². The molecule has 5 nitrogen and oxygen atoms in total. The van der Waals surface area contributed by atoms with Crippen LogP contribution >= 0.6 is 0 Å². The van der Waals surface area contributed by atoms with Gasteiger partial charge >= 0.3 is 0 Å². The summed E-state index contributed by atoms with van der Waals surface area (Å²) < 4.78 is 5.40. The molecule has 0 aliphatic rings. The van der Waals surface area contributed by atoms with Crippen LogP contribution in [0, 0.1) is 13.8 Å². The standard InChI is InChI=1S/C19H21N3O2/c1-5-12(3)20-18(23)15-10-13(4)21-19-16(15)17(22-24-19)14-8-6-11(2)7-9-14/h6-10,12H,5H2,1-4H3,(H,20,23). The number of fused-ring (bicyclic) bond motifs is 1. The topological polar surface area (TPSA) is 68.0 Å². The Hall–Kier alpha value is -2.69. The normalized spacial score (nSPS) is 12.3. The first-order chi connectivity index (χ1) is 11.5. The van der Waals surface area contributed by atoms with Crippen LogP contribution in [-0.2, 0) is 0 Å². The molecule has 124 valence electrons. The number of benzene rings is 1. The molecule has 0 bridgehead atoms. The second-order valence-electron chi connectivity index (χ2n) is 6.17. The van der Waals surface area contributed by atoms with E-state index >= 15 is 0 Å². The van der Waals surface area contributed by atoms with E-state index < -0.39 is 0 Å². The van der Waals surface area contributed by atoms with Crippen LogP contribution in [0.15, 0.2) is 34.9 Å². The van der Waals surface area contributed by atoms with Crippen LogP contribution < -0.4 is 5.32 Å². The zero-order valence-electron chi connectivity index (χ0n) is 14.4. The molecule has 0 radical (unpaired) electrons. The van der Waals surface area contributed by atoms with E-state index in [9.17, 15) is 4.79 Å². The summed E-state index contributed by atoms with van der Waals surface area (Å²) in [6.45, 7) is 7.89. The summed E-state index contributed by atoms with van der Waals surface area (Å²) in [5.41, 5.74) is 4.38. The molecule has 2 heterocycles. The van der Waals surface area contributed by atoms with Gasteiger partial charge in [0.25, 0.3) is 11.6 Å². The molecule has 3 aromatic rings. The van der Waals surface area contributed by atoms with Crippen molar-refractivity contribution in [3.8, 4) is 11.3 Å². The molecule has 1 amide bonds. The average molecular weight is 323 g/mol. The highest BCUT2D eigenvalue weighted by Gasteiger charge is 2.21. The number of carbonyl (C=O) groups excluding carboxylic acids is 1. The Labute approximate surface area is 141 Å².